The van der Waals surface area contributed by atoms with Crippen molar-refractivity contribution in [3.05, 3.63) is 0 Å². The Hall–Kier alpha value is -0.700. The standard InChI is InChI=1S/C27H47NO6S/c1-16(5-10-25(31)28-15-17(2)35(32,33)34)21-8-9-22-20-7-6-18-13-19(29)11-12-26(18,3)23(20)14-24(30)27(21,22)4/h16-24,29-30H,5-15H2,1-4H3,(H,28,31)(H,32,33,34)/t16-,17+,18-,19-,20+,21-,22+,23+,24+,26+,27-/m1/s1. The predicted molar refractivity (Wildman–Crippen MR) is 135 cm³/mol. The fourth-order valence-corrected chi connectivity index (χ4v) is 9.47. The Morgan fingerprint density at radius 2 is 1.74 bits per heavy atom. The number of rotatable bonds is 7. The Kier molecular flexibility index (Phi) is 7.72. The Labute approximate surface area is 211 Å². The number of aliphatic hydroxyl groups is 2. The molecule has 0 aromatic carbocycles. The summed E-state index contributed by atoms with van der Waals surface area (Å²) in [6.45, 7) is 8.23. The van der Waals surface area contributed by atoms with Crippen LogP contribution in [0, 0.1) is 46.3 Å². The molecule has 0 aromatic heterocycles. The van der Waals surface area contributed by atoms with Gasteiger partial charge in [0.05, 0.1) is 12.2 Å². The largest absolute Gasteiger partial charge is 0.393 e. The van der Waals surface area contributed by atoms with E-state index in [4.69, 9.17) is 4.55 Å². The maximum Gasteiger partial charge on any atom is 0.269 e. The minimum Gasteiger partial charge on any atom is -0.393 e. The highest BCUT2D eigenvalue weighted by molar-refractivity contribution is 7.86. The van der Waals surface area contributed by atoms with Crippen molar-refractivity contribution in [2.45, 2.75) is 109 Å². The number of carbonyl (C=O) groups excluding carboxylic acids is 1. The van der Waals surface area contributed by atoms with Gasteiger partial charge in [-0.1, -0.05) is 20.8 Å². The molecule has 35 heavy (non-hydrogen) atoms. The molecule has 4 aliphatic carbocycles. The molecule has 0 unspecified atom stereocenters. The first kappa shape index (κ1) is 27.3. The van der Waals surface area contributed by atoms with Crippen LogP contribution in [0.4, 0.5) is 0 Å². The molecule has 0 spiro atoms. The number of fused-ring (bicyclic) bond motifs is 5. The van der Waals surface area contributed by atoms with E-state index in [1.807, 2.05) is 0 Å². The van der Waals surface area contributed by atoms with Crippen molar-refractivity contribution >= 4 is 16.0 Å². The number of aliphatic hydroxyl groups excluding tert-OH is 2. The molecule has 0 heterocycles. The van der Waals surface area contributed by atoms with Gasteiger partial charge < -0.3 is 15.5 Å². The highest BCUT2D eigenvalue weighted by Gasteiger charge is 2.63. The van der Waals surface area contributed by atoms with Crippen LogP contribution < -0.4 is 5.32 Å². The van der Waals surface area contributed by atoms with E-state index >= 15 is 0 Å². The number of carbonyl (C=O) groups is 1. The fraction of sp³-hybridized carbons (Fsp3) is 0.963. The van der Waals surface area contributed by atoms with E-state index in [9.17, 15) is 23.4 Å². The summed E-state index contributed by atoms with van der Waals surface area (Å²) in [6, 6.07) is 0. The first-order chi connectivity index (χ1) is 16.3. The van der Waals surface area contributed by atoms with Crippen LogP contribution in [-0.4, -0.2) is 53.1 Å². The molecule has 202 valence electrons. The smallest absolute Gasteiger partial charge is 0.269 e. The van der Waals surface area contributed by atoms with Crippen molar-refractivity contribution in [2.24, 2.45) is 46.3 Å². The zero-order valence-corrected chi connectivity index (χ0v) is 22.8. The summed E-state index contributed by atoms with van der Waals surface area (Å²) in [5.41, 5.74) is 0.0966. The molecule has 0 radical (unpaired) electrons. The quantitative estimate of drug-likeness (QED) is 0.384. The maximum absolute atomic E-state index is 12.3. The summed E-state index contributed by atoms with van der Waals surface area (Å²) in [4.78, 5) is 12.3. The molecule has 4 N–H and O–H groups in total. The van der Waals surface area contributed by atoms with Crippen LogP contribution in [0.25, 0.3) is 0 Å². The van der Waals surface area contributed by atoms with Gasteiger partial charge in [0, 0.05) is 13.0 Å². The van der Waals surface area contributed by atoms with E-state index in [0.717, 1.165) is 38.5 Å². The molecule has 11 atom stereocenters. The number of hydrogen-bond acceptors (Lipinski definition) is 5. The Morgan fingerprint density at radius 3 is 2.43 bits per heavy atom. The zero-order valence-electron chi connectivity index (χ0n) is 21.9. The van der Waals surface area contributed by atoms with E-state index < -0.39 is 15.4 Å². The average Bonchev–Trinajstić information content (AvgIpc) is 3.15. The van der Waals surface area contributed by atoms with Crippen LogP contribution in [0.2, 0.25) is 0 Å². The van der Waals surface area contributed by atoms with Gasteiger partial charge in [0.25, 0.3) is 10.1 Å². The second-order valence-corrected chi connectivity index (χ2v) is 14.9. The third-order valence-electron chi connectivity index (χ3n) is 11.4. The number of hydrogen-bond donors (Lipinski definition) is 4. The fourth-order valence-electron chi connectivity index (χ4n) is 9.17. The van der Waals surface area contributed by atoms with Crippen molar-refractivity contribution in [2.75, 3.05) is 6.54 Å². The van der Waals surface area contributed by atoms with Gasteiger partial charge in [-0.25, -0.2) is 0 Å². The lowest BCUT2D eigenvalue weighted by atomic mass is 9.43. The monoisotopic (exact) mass is 513 g/mol. The summed E-state index contributed by atoms with van der Waals surface area (Å²) < 4.78 is 31.4. The normalized spacial score (nSPS) is 45.1. The highest BCUT2D eigenvalue weighted by atomic mass is 32.2. The summed E-state index contributed by atoms with van der Waals surface area (Å²) in [7, 11) is -4.15. The van der Waals surface area contributed by atoms with E-state index in [2.05, 4.69) is 26.1 Å². The zero-order chi connectivity index (χ0) is 25.8. The summed E-state index contributed by atoms with van der Waals surface area (Å²) >= 11 is 0. The van der Waals surface area contributed by atoms with Crippen molar-refractivity contribution < 1.29 is 28.0 Å². The maximum atomic E-state index is 12.3. The van der Waals surface area contributed by atoms with E-state index in [1.54, 1.807) is 0 Å². The summed E-state index contributed by atoms with van der Waals surface area (Å²) in [5, 5.41) is 23.5. The Balaban J connectivity index is 1.39. The topological polar surface area (TPSA) is 124 Å². The lowest BCUT2D eigenvalue weighted by Crippen LogP contribution is -2.58. The molecule has 4 fully saturated rings. The van der Waals surface area contributed by atoms with Gasteiger partial charge in [-0.05, 0) is 111 Å². The molecular weight excluding hydrogens is 466 g/mol. The minimum absolute atomic E-state index is 0.0894. The van der Waals surface area contributed by atoms with Crippen LogP contribution in [0.1, 0.15) is 91.9 Å². The summed E-state index contributed by atoms with van der Waals surface area (Å²) in [6.07, 6.45) is 8.90. The van der Waals surface area contributed by atoms with E-state index in [0.29, 0.717) is 42.4 Å². The number of nitrogens with one attached hydrogen (secondary N) is 1. The molecular formula is C27H47NO6S. The van der Waals surface area contributed by atoms with Crippen LogP contribution in [0.3, 0.4) is 0 Å². The second-order valence-electron chi connectivity index (χ2n) is 13.0. The first-order valence-corrected chi connectivity index (χ1v) is 15.4. The van der Waals surface area contributed by atoms with Gasteiger partial charge in [0.15, 0.2) is 0 Å². The molecule has 0 aliphatic heterocycles. The molecule has 4 rings (SSSR count). The van der Waals surface area contributed by atoms with Crippen molar-refractivity contribution in [1.29, 1.82) is 0 Å². The molecule has 0 bridgehead atoms. The van der Waals surface area contributed by atoms with Gasteiger partial charge in [0.2, 0.25) is 5.91 Å². The van der Waals surface area contributed by atoms with Gasteiger partial charge in [-0.3, -0.25) is 9.35 Å². The third-order valence-corrected chi connectivity index (χ3v) is 12.6. The van der Waals surface area contributed by atoms with Gasteiger partial charge in [0.1, 0.15) is 5.25 Å². The van der Waals surface area contributed by atoms with Crippen LogP contribution in [0.5, 0.6) is 0 Å². The highest BCUT2D eigenvalue weighted by Crippen LogP contribution is 2.68. The molecule has 7 nitrogen and oxygen atoms in total. The minimum atomic E-state index is -4.15. The molecule has 1 amide bonds. The number of amides is 1. The molecule has 4 aliphatic rings. The van der Waals surface area contributed by atoms with Gasteiger partial charge >= 0.3 is 0 Å². The first-order valence-electron chi connectivity index (χ1n) is 13.9. The third kappa shape index (κ3) is 4.94. The summed E-state index contributed by atoms with van der Waals surface area (Å²) in [5.74, 6) is 2.72. The molecule has 0 saturated heterocycles. The Morgan fingerprint density at radius 1 is 1.03 bits per heavy atom. The van der Waals surface area contributed by atoms with Crippen molar-refractivity contribution in [3.8, 4) is 0 Å². The van der Waals surface area contributed by atoms with Gasteiger partial charge in [-0.15, -0.1) is 0 Å². The molecule has 4 saturated carbocycles. The van der Waals surface area contributed by atoms with E-state index in [1.165, 1.54) is 19.8 Å². The van der Waals surface area contributed by atoms with E-state index in [-0.39, 0.29) is 41.4 Å². The second kappa shape index (κ2) is 9.88. The van der Waals surface area contributed by atoms with Gasteiger partial charge in [-0.2, -0.15) is 8.42 Å². The SMILES string of the molecule is C[C@H](CCC(=O)NC[C@H](C)S(=O)(=O)O)[C@H]1CC[C@H]2[C@@H]3CC[C@@H]4C[C@H](O)CC[C@]4(C)[C@H]3C[C@H](O)[C@]12C. The average molecular weight is 514 g/mol. The molecule has 8 heteroatoms. The van der Waals surface area contributed by atoms with Crippen molar-refractivity contribution in [1.82, 2.24) is 5.32 Å². The lowest BCUT2D eigenvalue weighted by Gasteiger charge is -2.62. The predicted octanol–water partition coefficient (Wildman–Crippen LogP) is 3.79. The van der Waals surface area contributed by atoms with Crippen LogP contribution in [-0.2, 0) is 14.9 Å². The van der Waals surface area contributed by atoms with Crippen molar-refractivity contribution in [3.63, 3.8) is 0 Å². The van der Waals surface area contributed by atoms with Crippen LogP contribution in [0.15, 0.2) is 0 Å². The van der Waals surface area contributed by atoms with Crippen LogP contribution >= 0.6 is 0 Å². The lowest BCUT2D eigenvalue weighted by molar-refractivity contribution is -0.174. The molecule has 0 aromatic rings. The Bertz CT molecular complexity index is 894.